The van der Waals surface area contributed by atoms with Crippen LogP contribution >= 0.6 is 22.6 Å². The Morgan fingerprint density at radius 1 is 1.53 bits per heavy atom. The van der Waals surface area contributed by atoms with Gasteiger partial charge in [-0.05, 0) is 41.6 Å². The van der Waals surface area contributed by atoms with Gasteiger partial charge in [0, 0.05) is 30.9 Å². The number of anilines is 1. The maximum Gasteiger partial charge on any atom is 0.226 e. The molecule has 2 rings (SSSR count). The van der Waals surface area contributed by atoms with E-state index in [9.17, 15) is 9.90 Å². The Morgan fingerprint density at radius 2 is 2.32 bits per heavy atom. The first-order valence-corrected chi connectivity index (χ1v) is 6.91. The van der Waals surface area contributed by atoms with E-state index in [0.29, 0.717) is 18.7 Å². The van der Waals surface area contributed by atoms with Gasteiger partial charge >= 0.3 is 0 Å². The van der Waals surface area contributed by atoms with Crippen molar-refractivity contribution in [3.63, 3.8) is 0 Å². The summed E-state index contributed by atoms with van der Waals surface area (Å²) in [5.74, 6) is 0.0313. The van der Waals surface area contributed by atoms with Crippen molar-refractivity contribution in [2.24, 2.45) is 0 Å². The van der Waals surface area contributed by atoms with Crippen molar-refractivity contribution in [2.75, 3.05) is 5.32 Å². The molecule has 1 aromatic heterocycles. The van der Waals surface area contributed by atoms with E-state index >= 15 is 0 Å². The van der Waals surface area contributed by atoms with Gasteiger partial charge in [-0.25, -0.2) is 0 Å². The van der Waals surface area contributed by atoms with Gasteiger partial charge in [0.15, 0.2) is 0 Å². The van der Waals surface area contributed by atoms with Gasteiger partial charge in [0.05, 0.1) is 9.26 Å². The first kappa shape index (κ1) is 13.9. The number of hydrogen-bond donors (Lipinski definition) is 2. The Bertz CT molecular complexity index is 576. The van der Waals surface area contributed by atoms with Crippen molar-refractivity contribution in [3.05, 3.63) is 39.7 Å². The number of rotatable bonds is 4. The van der Waals surface area contributed by atoms with Crippen LogP contribution in [0.3, 0.4) is 0 Å². The quantitative estimate of drug-likeness (QED) is 0.812. The second kappa shape index (κ2) is 6.05. The third-order valence-electron chi connectivity index (χ3n) is 2.58. The summed E-state index contributed by atoms with van der Waals surface area (Å²) >= 11 is 2.21. The second-order valence-electron chi connectivity index (χ2n) is 4.17. The molecule has 0 spiro atoms. The van der Waals surface area contributed by atoms with Crippen LogP contribution in [0.15, 0.2) is 30.5 Å². The Hall–Kier alpha value is -1.57. The summed E-state index contributed by atoms with van der Waals surface area (Å²) in [6.07, 6.45) is 2.25. The summed E-state index contributed by atoms with van der Waals surface area (Å²) in [6.45, 7) is 2.47. The average Bonchev–Trinajstić information content (AvgIpc) is 2.66. The van der Waals surface area contributed by atoms with Gasteiger partial charge in [-0.15, -0.1) is 0 Å². The molecule has 6 heteroatoms. The van der Waals surface area contributed by atoms with Crippen LogP contribution < -0.4 is 5.32 Å². The third kappa shape index (κ3) is 3.95. The van der Waals surface area contributed by atoms with Crippen molar-refractivity contribution in [3.8, 4) is 5.75 Å². The fraction of sp³-hybridized carbons (Fsp3) is 0.231. The molecule has 2 aromatic rings. The Kier molecular flexibility index (Phi) is 4.41. The van der Waals surface area contributed by atoms with E-state index in [2.05, 4.69) is 33.0 Å². The molecule has 100 valence electrons. The van der Waals surface area contributed by atoms with Crippen molar-refractivity contribution < 1.29 is 9.90 Å². The number of phenolic OH excluding ortho intramolecular Hbond substituents is 1. The molecule has 0 saturated heterocycles. The zero-order valence-corrected chi connectivity index (χ0v) is 12.6. The van der Waals surface area contributed by atoms with Crippen LogP contribution in [0.2, 0.25) is 0 Å². The van der Waals surface area contributed by atoms with Crippen molar-refractivity contribution in [1.82, 2.24) is 9.78 Å². The summed E-state index contributed by atoms with van der Waals surface area (Å²) < 4.78 is 2.85. The van der Waals surface area contributed by atoms with Crippen LogP contribution in [0.1, 0.15) is 12.1 Å². The van der Waals surface area contributed by atoms with E-state index in [4.69, 9.17) is 0 Å². The molecular weight excluding hydrogens is 357 g/mol. The maximum atomic E-state index is 11.8. The number of phenols is 1. The van der Waals surface area contributed by atoms with Crippen LogP contribution in [-0.2, 0) is 11.3 Å². The molecule has 0 aliphatic rings. The smallest absolute Gasteiger partial charge is 0.226 e. The topological polar surface area (TPSA) is 67.2 Å². The third-order valence-corrected chi connectivity index (χ3v) is 3.64. The molecule has 0 saturated carbocycles. The second-order valence-corrected chi connectivity index (χ2v) is 5.34. The molecule has 1 heterocycles. The minimum atomic E-state index is -0.103. The van der Waals surface area contributed by atoms with Gasteiger partial charge in [0.25, 0.3) is 0 Å². The molecule has 0 aliphatic heterocycles. The number of nitrogens with one attached hydrogen (secondary N) is 1. The number of aromatic nitrogens is 2. The average molecular weight is 371 g/mol. The molecule has 1 amide bonds. The monoisotopic (exact) mass is 371 g/mol. The SMILES string of the molecule is Cc1nn(CCC(=O)Nc2cccc(O)c2)cc1I. The highest BCUT2D eigenvalue weighted by Crippen LogP contribution is 2.15. The van der Waals surface area contributed by atoms with Crippen LogP contribution in [0.25, 0.3) is 0 Å². The molecular formula is C13H14IN3O2. The Morgan fingerprint density at radius 3 is 2.95 bits per heavy atom. The molecule has 19 heavy (non-hydrogen) atoms. The lowest BCUT2D eigenvalue weighted by molar-refractivity contribution is -0.116. The predicted octanol–water partition coefficient (Wildman–Crippen LogP) is 2.53. The van der Waals surface area contributed by atoms with Crippen LogP contribution in [0.5, 0.6) is 5.75 Å². The summed E-state index contributed by atoms with van der Waals surface area (Å²) in [4.78, 5) is 11.8. The molecule has 1 aromatic carbocycles. The molecule has 5 nitrogen and oxygen atoms in total. The molecule has 0 fully saturated rings. The first-order valence-electron chi connectivity index (χ1n) is 5.83. The summed E-state index contributed by atoms with van der Waals surface area (Å²) in [5.41, 5.74) is 1.56. The number of halogens is 1. The molecule has 0 bridgehead atoms. The highest BCUT2D eigenvalue weighted by molar-refractivity contribution is 14.1. The highest BCUT2D eigenvalue weighted by Gasteiger charge is 2.06. The van der Waals surface area contributed by atoms with Gasteiger partial charge in [-0.3, -0.25) is 9.48 Å². The van der Waals surface area contributed by atoms with E-state index in [1.54, 1.807) is 22.9 Å². The number of carbonyl (C=O) groups is 1. The Labute approximate surface area is 124 Å². The molecule has 0 aliphatic carbocycles. The van der Waals surface area contributed by atoms with Crippen LogP contribution in [-0.4, -0.2) is 20.8 Å². The normalized spacial score (nSPS) is 10.4. The standard InChI is InChI=1S/C13H14IN3O2/c1-9-12(14)8-17(16-9)6-5-13(19)15-10-3-2-4-11(18)7-10/h2-4,7-8,18H,5-6H2,1H3,(H,15,19). The fourth-order valence-corrected chi connectivity index (χ4v) is 2.06. The van der Waals surface area contributed by atoms with Crippen LogP contribution in [0, 0.1) is 10.5 Å². The van der Waals surface area contributed by atoms with Crippen molar-refractivity contribution >= 4 is 34.2 Å². The number of amides is 1. The van der Waals surface area contributed by atoms with Crippen LogP contribution in [0.4, 0.5) is 5.69 Å². The summed E-state index contributed by atoms with van der Waals surface area (Å²) in [6, 6.07) is 6.49. The molecule has 0 unspecified atom stereocenters. The fourth-order valence-electron chi connectivity index (χ4n) is 1.63. The number of aryl methyl sites for hydroxylation is 2. The lowest BCUT2D eigenvalue weighted by atomic mass is 10.3. The zero-order valence-electron chi connectivity index (χ0n) is 10.4. The van der Waals surface area contributed by atoms with E-state index < -0.39 is 0 Å². The summed E-state index contributed by atoms with van der Waals surface area (Å²) in [5, 5.41) is 16.3. The highest BCUT2D eigenvalue weighted by atomic mass is 127. The maximum absolute atomic E-state index is 11.8. The number of carbonyl (C=O) groups excluding carboxylic acids is 1. The van der Waals surface area contributed by atoms with Gasteiger partial charge in [0.1, 0.15) is 5.75 Å². The lowest BCUT2D eigenvalue weighted by Crippen LogP contribution is -2.14. The number of aromatic hydroxyl groups is 1. The predicted molar refractivity (Wildman–Crippen MR) is 81.0 cm³/mol. The van der Waals surface area contributed by atoms with E-state index in [1.165, 1.54) is 6.07 Å². The van der Waals surface area contributed by atoms with Gasteiger partial charge in [-0.2, -0.15) is 5.10 Å². The lowest BCUT2D eigenvalue weighted by Gasteiger charge is -2.05. The Balaban J connectivity index is 1.88. The number of benzene rings is 1. The van der Waals surface area contributed by atoms with E-state index in [0.717, 1.165) is 9.26 Å². The summed E-state index contributed by atoms with van der Waals surface area (Å²) in [7, 11) is 0. The zero-order chi connectivity index (χ0) is 13.8. The van der Waals surface area contributed by atoms with Gasteiger partial charge in [0.2, 0.25) is 5.91 Å². The van der Waals surface area contributed by atoms with E-state index in [-0.39, 0.29) is 11.7 Å². The molecule has 2 N–H and O–H groups in total. The van der Waals surface area contributed by atoms with Crippen molar-refractivity contribution in [2.45, 2.75) is 19.9 Å². The van der Waals surface area contributed by atoms with Gasteiger partial charge < -0.3 is 10.4 Å². The largest absolute Gasteiger partial charge is 0.508 e. The molecule has 0 atom stereocenters. The minimum Gasteiger partial charge on any atom is -0.508 e. The van der Waals surface area contributed by atoms with Gasteiger partial charge in [-0.1, -0.05) is 6.07 Å². The number of hydrogen-bond acceptors (Lipinski definition) is 3. The minimum absolute atomic E-state index is 0.103. The van der Waals surface area contributed by atoms with E-state index in [1.807, 2.05) is 13.1 Å². The molecule has 0 radical (unpaired) electrons. The van der Waals surface area contributed by atoms with Crippen molar-refractivity contribution in [1.29, 1.82) is 0 Å². The number of nitrogens with zero attached hydrogens (tertiary/aromatic N) is 2. The first-order chi connectivity index (χ1) is 9.04.